The van der Waals surface area contributed by atoms with Gasteiger partial charge in [0.25, 0.3) is 5.91 Å². The number of benzene rings is 1. The second-order valence-electron chi connectivity index (χ2n) is 6.19. The van der Waals surface area contributed by atoms with Crippen LogP contribution in [0.4, 0.5) is 0 Å². The standard InChI is InChI=1S/C16H23ClN2O4S/c1-12(2)10-18-16(20)11-23-15-6-5-13(9-14(15)17)24(21,22)19-7-3-4-8-19/h5-6,9,12H,3-4,7-8,10-11H2,1-2H3,(H,18,20). The Bertz CT molecular complexity index is 685. The molecule has 1 aliphatic heterocycles. The molecule has 0 unspecified atom stereocenters. The smallest absolute Gasteiger partial charge is 0.257 e. The molecule has 8 heteroatoms. The Morgan fingerprint density at radius 1 is 1.33 bits per heavy atom. The Morgan fingerprint density at radius 3 is 2.58 bits per heavy atom. The van der Waals surface area contributed by atoms with Crippen LogP contribution in [0.25, 0.3) is 0 Å². The third-order valence-corrected chi connectivity index (χ3v) is 5.86. The van der Waals surface area contributed by atoms with Gasteiger partial charge in [0.15, 0.2) is 6.61 Å². The lowest BCUT2D eigenvalue weighted by Gasteiger charge is -2.16. The minimum atomic E-state index is -3.51. The number of halogens is 1. The van der Waals surface area contributed by atoms with Crippen LogP contribution >= 0.6 is 11.6 Å². The molecule has 0 radical (unpaired) electrons. The van der Waals surface area contributed by atoms with Crippen LogP contribution in [-0.2, 0) is 14.8 Å². The third-order valence-electron chi connectivity index (χ3n) is 3.67. The summed E-state index contributed by atoms with van der Waals surface area (Å²) in [4.78, 5) is 11.8. The van der Waals surface area contributed by atoms with Crippen molar-refractivity contribution in [1.82, 2.24) is 9.62 Å². The van der Waals surface area contributed by atoms with E-state index in [1.807, 2.05) is 13.8 Å². The number of nitrogens with one attached hydrogen (secondary N) is 1. The van der Waals surface area contributed by atoms with Gasteiger partial charge in [-0.2, -0.15) is 4.31 Å². The minimum absolute atomic E-state index is 0.144. The van der Waals surface area contributed by atoms with Crippen molar-refractivity contribution >= 4 is 27.5 Å². The molecule has 0 saturated carbocycles. The van der Waals surface area contributed by atoms with Gasteiger partial charge in [0.2, 0.25) is 10.0 Å². The number of carbonyl (C=O) groups excluding carboxylic acids is 1. The van der Waals surface area contributed by atoms with Crippen molar-refractivity contribution in [3.8, 4) is 5.75 Å². The zero-order chi connectivity index (χ0) is 17.7. The average Bonchev–Trinajstić information content (AvgIpc) is 3.06. The fourth-order valence-corrected chi connectivity index (χ4v) is 4.19. The summed E-state index contributed by atoms with van der Waals surface area (Å²) >= 11 is 6.11. The lowest BCUT2D eigenvalue weighted by molar-refractivity contribution is -0.123. The maximum atomic E-state index is 12.5. The SMILES string of the molecule is CC(C)CNC(=O)COc1ccc(S(=O)(=O)N2CCCC2)cc1Cl. The van der Waals surface area contributed by atoms with E-state index in [9.17, 15) is 13.2 Å². The summed E-state index contributed by atoms with van der Waals surface area (Å²) in [7, 11) is -3.51. The molecule has 1 aromatic carbocycles. The van der Waals surface area contributed by atoms with Crippen molar-refractivity contribution in [2.45, 2.75) is 31.6 Å². The third kappa shape index (κ3) is 4.84. The van der Waals surface area contributed by atoms with Crippen molar-refractivity contribution in [2.75, 3.05) is 26.2 Å². The molecule has 134 valence electrons. The van der Waals surface area contributed by atoms with Gasteiger partial charge in [-0.3, -0.25) is 4.79 Å². The number of rotatable bonds is 7. The van der Waals surface area contributed by atoms with E-state index in [1.54, 1.807) is 0 Å². The maximum absolute atomic E-state index is 12.5. The van der Waals surface area contributed by atoms with Gasteiger partial charge in [-0.05, 0) is 37.0 Å². The van der Waals surface area contributed by atoms with Crippen LogP contribution in [0.5, 0.6) is 5.75 Å². The largest absolute Gasteiger partial charge is 0.482 e. The predicted molar refractivity (Wildman–Crippen MR) is 92.8 cm³/mol. The monoisotopic (exact) mass is 374 g/mol. The van der Waals surface area contributed by atoms with Gasteiger partial charge in [0.1, 0.15) is 5.75 Å². The summed E-state index contributed by atoms with van der Waals surface area (Å²) in [5, 5.41) is 2.91. The molecule has 0 atom stereocenters. The Morgan fingerprint density at radius 2 is 2.00 bits per heavy atom. The fourth-order valence-electron chi connectivity index (χ4n) is 2.35. The minimum Gasteiger partial charge on any atom is -0.482 e. The molecular formula is C16H23ClN2O4S. The van der Waals surface area contributed by atoms with Crippen molar-refractivity contribution < 1.29 is 17.9 Å². The van der Waals surface area contributed by atoms with Crippen molar-refractivity contribution in [3.05, 3.63) is 23.2 Å². The number of ether oxygens (including phenoxy) is 1. The van der Waals surface area contributed by atoms with Crippen LogP contribution in [-0.4, -0.2) is 44.9 Å². The summed E-state index contributed by atoms with van der Waals surface area (Å²) in [6.45, 7) is 5.48. The zero-order valence-electron chi connectivity index (χ0n) is 13.9. The molecule has 0 spiro atoms. The number of nitrogens with zero attached hydrogens (tertiary/aromatic N) is 1. The first-order chi connectivity index (χ1) is 11.3. The Hall–Kier alpha value is -1.31. The molecule has 1 N–H and O–H groups in total. The highest BCUT2D eigenvalue weighted by Crippen LogP contribution is 2.29. The van der Waals surface area contributed by atoms with E-state index in [0.717, 1.165) is 12.8 Å². The Balaban J connectivity index is 2.00. The first-order valence-corrected chi connectivity index (χ1v) is 9.81. The predicted octanol–water partition coefficient (Wildman–Crippen LogP) is 2.28. The van der Waals surface area contributed by atoms with Gasteiger partial charge in [-0.25, -0.2) is 8.42 Å². The van der Waals surface area contributed by atoms with E-state index >= 15 is 0 Å². The van der Waals surface area contributed by atoms with Crippen LogP contribution in [0.3, 0.4) is 0 Å². The van der Waals surface area contributed by atoms with Crippen LogP contribution < -0.4 is 10.1 Å². The first kappa shape index (κ1) is 19.0. The van der Waals surface area contributed by atoms with Gasteiger partial charge in [-0.1, -0.05) is 25.4 Å². The Labute approximate surface area is 148 Å². The van der Waals surface area contributed by atoms with Crippen LogP contribution in [0.1, 0.15) is 26.7 Å². The van der Waals surface area contributed by atoms with Crippen molar-refractivity contribution in [2.24, 2.45) is 5.92 Å². The van der Waals surface area contributed by atoms with E-state index in [1.165, 1.54) is 22.5 Å². The topological polar surface area (TPSA) is 75.7 Å². The summed E-state index contributed by atoms with van der Waals surface area (Å²) in [5.74, 6) is 0.401. The quantitative estimate of drug-likeness (QED) is 0.794. The second-order valence-corrected chi connectivity index (χ2v) is 8.54. The number of carbonyl (C=O) groups is 1. The molecule has 0 bridgehead atoms. The van der Waals surface area contributed by atoms with Crippen LogP contribution in [0, 0.1) is 5.92 Å². The first-order valence-electron chi connectivity index (χ1n) is 8.00. The lowest BCUT2D eigenvalue weighted by Crippen LogP contribution is -2.31. The van der Waals surface area contributed by atoms with E-state index in [2.05, 4.69) is 5.32 Å². The second kappa shape index (κ2) is 8.18. The average molecular weight is 375 g/mol. The molecule has 24 heavy (non-hydrogen) atoms. The summed E-state index contributed by atoms with van der Waals surface area (Å²) in [5.41, 5.74) is 0. The zero-order valence-corrected chi connectivity index (χ0v) is 15.5. The molecule has 6 nitrogen and oxygen atoms in total. The number of hydrogen-bond donors (Lipinski definition) is 1. The van der Waals surface area contributed by atoms with Gasteiger partial charge < -0.3 is 10.1 Å². The van der Waals surface area contributed by atoms with Crippen molar-refractivity contribution in [3.63, 3.8) is 0 Å². The highest BCUT2D eigenvalue weighted by Gasteiger charge is 2.27. The molecule has 1 aromatic rings. The lowest BCUT2D eigenvalue weighted by atomic mass is 10.2. The van der Waals surface area contributed by atoms with E-state index in [4.69, 9.17) is 16.3 Å². The van der Waals surface area contributed by atoms with Crippen LogP contribution in [0.2, 0.25) is 5.02 Å². The van der Waals surface area contributed by atoms with E-state index in [0.29, 0.717) is 25.6 Å². The molecule has 1 saturated heterocycles. The summed E-state index contributed by atoms with van der Waals surface area (Å²) < 4.78 is 31.8. The molecule has 1 fully saturated rings. The number of amides is 1. The molecular weight excluding hydrogens is 352 g/mol. The van der Waals surface area contributed by atoms with Gasteiger partial charge in [0, 0.05) is 19.6 Å². The van der Waals surface area contributed by atoms with Gasteiger partial charge in [-0.15, -0.1) is 0 Å². The normalized spacial score (nSPS) is 15.7. The maximum Gasteiger partial charge on any atom is 0.257 e. The highest BCUT2D eigenvalue weighted by molar-refractivity contribution is 7.89. The summed E-state index contributed by atoms with van der Waals surface area (Å²) in [6.07, 6.45) is 1.75. The number of hydrogen-bond acceptors (Lipinski definition) is 4. The molecule has 0 aliphatic carbocycles. The fraction of sp³-hybridized carbons (Fsp3) is 0.562. The Kier molecular flexibility index (Phi) is 6.48. The molecule has 2 rings (SSSR count). The molecule has 1 amide bonds. The van der Waals surface area contributed by atoms with Gasteiger partial charge in [0.05, 0.1) is 9.92 Å². The number of sulfonamides is 1. The molecule has 0 aromatic heterocycles. The summed E-state index contributed by atoms with van der Waals surface area (Å²) in [6, 6.07) is 4.32. The molecule has 1 heterocycles. The van der Waals surface area contributed by atoms with Crippen LogP contribution in [0.15, 0.2) is 23.1 Å². The van der Waals surface area contributed by atoms with Crippen molar-refractivity contribution in [1.29, 1.82) is 0 Å². The van der Waals surface area contributed by atoms with Gasteiger partial charge >= 0.3 is 0 Å². The molecule has 1 aliphatic rings. The van der Waals surface area contributed by atoms with E-state index in [-0.39, 0.29) is 28.2 Å². The van der Waals surface area contributed by atoms with E-state index < -0.39 is 10.0 Å². The highest BCUT2D eigenvalue weighted by atomic mass is 35.5.